The summed E-state index contributed by atoms with van der Waals surface area (Å²) in [5, 5.41) is 0.836. The van der Waals surface area contributed by atoms with Crippen molar-refractivity contribution < 1.29 is 13.6 Å². The number of rotatable bonds is 3. The molecule has 1 aliphatic rings. The Labute approximate surface area is 154 Å². The topological polar surface area (TPSA) is 126 Å². The Hall–Kier alpha value is -2.74. The molecule has 0 saturated carbocycles. The smallest absolute Gasteiger partial charge is 0.324 e. The maximum Gasteiger partial charge on any atom is 0.324 e. The van der Waals surface area contributed by atoms with Crippen LogP contribution in [0.5, 0.6) is 5.75 Å². The van der Waals surface area contributed by atoms with Gasteiger partial charge in [0.05, 0.1) is 5.30 Å². The van der Waals surface area contributed by atoms with Gasteiger partial charge in [-0.2, -0.15) is 4.57 Å². The Balaban J connectivity index is 1.73. The zero-order chi connectivity index (χ0) is 18.3. The summed E-state index contributed by atoms with van der Waals surface area (Å²) in [6, 6.07) is 15.5. The molecule has 3 aromatic rings. The van der Waals surface area contributed by atoms with Crippen LogP contribution in [0.25, 0.3) is 11.1 Å². The first-order chi connectivity index (χ1) is 12.5. The van der Waals surface area contributed by atoms with Gasteiger partial charge in [-0.3, -0.25) is 4.52 Å². The summed E-state index contributed by atoms with van der Waals surface area (Å²) in [5.41, 5.74) is 19.2. The predicted octanol–water partition coefficient (Wildman–Crippen LogP) is 1.18. The third-order valence-corrected chi connectivity index (χ3v) is 6.97. The largest absolute Gasteiger partial charge is 0.439 e. The van der Waals surface area contributed by atoms with Gasteiger partial charge >= 0.3 is 17.8 Å². The monoisotopic (exact) mass is 387 g/mol. The lowest BCUT2D eigenvalue weighted by Gasteiger charge is -2.30. The molecule has 0 radical (unpaired) electrons. The van der Waals surface area contributed by atoms with Crippen molar-refractivity contribution in [3.8, 4) is 16.9 Å². The Kier molecular flexibility index (Phi) is 3.99. The van der Waals surface area contributed by atoms with Gasteiger partial charge in [-0.15, -0.1) is 0 Å². The second-order valence-electron chi connectivity index (χ2n) is 5.59. The number of hydrogen-bond acceptors (Lipinski definition) is 8. The number of para-hydroxylation sites is 1. The van der Waals surface area contributed by atoms with Crippen LogP contribution in [0, 0.1) is 0 Å². The van der Waals surface area contributed by atoms with E-state index in [2.05, 4.69) is 9.97 Å². The second-order valence-corrected chi connectivity index (χ2v) is 8.95. The molecule has 8 nitrogen and oxygen atoms in total. The molecule has 1 atom stereocenters. The molecule has 0 spiro atoms. The van der Waals surface area contributed by atoms with E-state index in [4.69, 9.17) is 38.1 Å². The van der Waals surface area contributed by atoms with Crippen LogP contribution in [-0.4, -0.2) is 9.97 Å². The predicted molar refractivity (Wildman–Crippen MR) is 103 cm³/mol. The van der Waals surface area contributed by atoms with E-state index in [0.29, 0.717) is 5.75 Å². The fraction of sp³-hybridized carbons (Fsp3) is 0.0625. The van der Waals surface area contributed by atoms with Crippen molar-refractivity contribution in [2.75, 3.05) is 17.2 Å². The minimum Gasteiger partial charge on any atom is -0.439 e. The summed E-state index contributed by atoms with van der Waals surface area (Å²) in [6.07, 6.45) is 0. The second kappa shape index (κ2) is 6.21. The van der Waals surface area contributed by atoms with Crippen LogP contribution >= 0.6 is 6.49 Å². The maximum atomic E-state index is 6.11. The average Bonchev–Trinajstić information content (AvgIpc) is 2.61. The Morgan fingerprint density at radius 2 is 1.58 bits per heavy atom. The average molecular weight is 387 g/mol. The van der Waals surface area contributed by atoms with Gasteiger partial charge in [0.1, 0.15) is 5.75 Å². The van der Waals surface area contributed by atoms with Crippen LogP contribution in [0.4, 0.5) is 17.8 Å². The van der Waals surface area contributed by atoms with Crippen LogP contribution in [0.15, 0.2) is 48.5 Å². The highest BCUT2D eigenvalue weighted by atomic mass is 32.5. The lowest BCUT2D eigenvalue weighted by Crippen LogP contribution is -2.43. The minimum atomic E-state index is -2.84. The van der Waals surface area contributed by atoms with Gasteiger partial charge in [-0.05, 0) is 29.5 Å². The van der Waals surface area contributed by atoms with E-state index in [1.54, 1.807) is 0 Å². The molecule has 26 heavy (non-hydrogen) atoms. The van der Waals surface area contributed by atoms with Crippen molar-refractivity contribution in [2.24, 2.45) is 0 Å². The normalized spacial score (nSPS) is 17.8. The molecule has 0 aliphatic carbocycles. The van der Waals surface area contributed by atoms with Gasteiger partial charge in [-0.1, -0.05) is 46.4 Å². The van der Waals surface area contributed by atoms with E-state index >= 15 is 0 Å². The number of nitrogens with zero attached hydrogens (tertiary/aromatic N) is 3. The number of fused-ring (bicyclic) bond motifs is 3. The molecule has 1 aliphatic heterocycles. The summed E-state index contributed by atoms with van der Waals surface area (Å²) in [5.74, 6) is 0.853. The Bertz CT molecular complexity index is 1040. The molecule has 1 unspecified atom stereocenters. The van der Waals surface area contributed by atoms with Crippen LogP contribution in [0.2, 0.25) is 0 Å². The van der Waals surface area contributed by atoms with Gasteiger partial charge in [0, 0.05) is 5.56 Å². The fourth-order valence-electron chi connectivity index (χ4n) is 2.75. The molecule has 4 rings (SSSR count). The van der Waals surface area contributed by atoms with Gasteiger partial charge in [0.15, 0.2) is 6.73 Å². The third kappa shape index (κ3) is 2.76. The number of nitrogens with two attached hydrogens (primary N) is 3. The van der Waals surface area contributed by atoms with Crippen LogP contribution in [0.3, 0.4) is 0 Å². The molecule has 132 valence electrons. The maximum absolute atomic E-state index is 6.11. The Morgan fingerprint density at radius 3 is 2.31 bits per heavy atom. The standard InChI is InChI=1S/C16H15N6O2PS/c17-14-20-15(18)22(16(19)21-14)9-23-25(26)13-8-4-2-6-11(13)10-5-1-3-7-12(10)24-25/h1-8H,9H2,(H5,17,18,19,20,21)/p+1. The van der Waals surface area contributed by atoms with Crippen LogP contribution in [0.1, 0.15) is 0 Å². The molecular formula is C16H16N6O2PS+. The highest BCUT2D eigenvalue weighted by Crippen LogP contribution is 2.55. The summed E-state index contributed by atoms with van der Waals surface area (Å²) in [4.78, 5) is 7.77. The SMILES string of the molecule is Nc1nc(N)[n+](COP2(=S)Oc3ccccc3-c3ccccc32)c(N)n1. The lowest BCUT2D eigenvalue weighted by atomic mass is 10.0. The summed E-state index contributed by atoms with van der Waals surface area (Å²) >= 11 is 5.80. The highest BCUT2D eigenvalue weighted by Gasteiger charge is 2.34. The van der Waals surface area contributed by atoms with Gasteiger partial charge in [0.2, 0.25) is 0 Å². The molecule has 10 heteroatoms. The van der Waals surface area contributed by atoms with Gasteiger partial charge in [0.25, 0.3) is 6.49 Å². The number of nitrogen functional groups attached to an aromatic ring is 3. The fourth-order valence-corrected chi connectivity index (χ4v) is 5.34. The van der Waals surface area contributed by atoms with Crippen molar-refractivity contribution in [3.05, 3.63) is 48.5 Å². The zero-order valence-corrected chi connectivity index (χ0v) is 15.3. The van der Waals surface area contributed by atoms with E-state index in [9.17, 15) is 0 Å². The van der Waals surface area contributed by atoms with Gasteiger partial charge in [-0.25, -0.2) is 0 Å². The molecule has 0 fully saturated rings. The molecular weight excluding hydrogens is 371 g/mol. The van der Waals surface area contributed by atoms with Crippen molar-refractivity contribution in [3.63, 3.8) is 0 Å². The van der Waals surface area contributed by atoms with Crippen molar-refractivity contribution in [2.45, 2.75) is 6.73 Å². The first-order valence-corrected chi connectivity index (χ1v) is 10.3. The molecule has 2 aromatic carbocycles. The lowest BCUT2D eigenvalue weighted by molar-refractivity contribution is -0.702. The van der Waals surface area contributed by atoms with Gasteiger partial charge < -0.3 is 21.7 Å². The zero-order valence-electron chi connectivity index (χ0n) is 13.6. The molecule has 2 heterocycles. The van der Waals surface area contributed by atoms with Crippen molar-refractivity contribution >= 4 is 41.4 Å². The van der Waals surface area contributed by atoms with E-state index in [0.717, 1.165) is 16.4 Å². The van der Waals surface area contributed by atoms with Crippen molar-refractivity contribution in [1.82, 2.24) is 9.97 Å². The number of hydrogen-bond donors (Lipinski definition) is 3. The van der Waals surface area contributed by atoms with Crippen LogP contribution in [-0.2, 0) is 23.1 Å². The number of aromatic nitrogens is 3. The first kappa shape index (κ1) is 16.7. The molecule has 0 amide bonds. The Morgan fingerprint density at radius 1 is 0.962 bits per heavy atom. The molecule has 6 N–H and O–H groups in total. The molecule has 0 saturated heterocycles. The first-order valence-electron chi connectivity index (χ1n) is 7.69. The minimum absolute atomic E-state index is 0.00711. The summed E-state index contributed by atoms with van der Waals surface area (Å²) in [7, 11) is 0. The van der Waals surface area contributed by atoms with E-state index in [1.807, 2.05) is 48.5 Å². The van der Waals surface area contributed by atoms with E-state index in [-0.39, 0.29) is 24.6 Å². The quantitative estimate of drug-likeness (QED) is 0.452. The van der Waals surface area contributed by atoms with E-state index in [1.165, 1.54) is 4.57 Å². The number of anilines is 3. The van der Waals surface area contributed by atoms with Crippen LogP contribution < -0.4 is 31.6 Å². The highest BCUT2D eigenvalue weighted by molar-refractivity contribution is 8.13. The number of benzene rings is 2. The third-order valence-electron chi connectivity index (χ3n) is 3.96. The van der Waals surface area contributed by atoms with Crippen molar-refractivity contribution in [1.29, 1.82) is 0 Å². The summed E-state index contributed by atoms with van der Waals surface area (Å²) in [6.45, 7) is -2.89. The molecule has 1 aromatic heterocycles. The van der Waals surface area contributed by atoms with E-state index < -0.39 is 6.49 Å². The molecule has 0 bridgehead atoms. The summed E-state index contributed by atoms with van der Waals surface area (Å²) < 4.78 is 13.5.